The van der Waals surface area contributed by atoms with E-state index in [1.807, 2.05) is 13.0 Å². The van der Waals surface area contributed by atoms with Gasteiger partial charge in [0.25, 0.3) is 0 Å². The van der Waals surface area contributed by atoms with Gasteiger partial charge in [0.15, 0.2) is 5.82 Å². The Morgan fingerprint density at radius 1 is 1.62 bits per heavy atom. The molecule has 1 aliphatic heterocycles. The maximum Gasteiger partial charge on any atom is 0.151 e. The van der Waals surface area contributed by atoms with Gasteiger partial charge in [-0.3, -0.25) is 0 Å². The van der Waals surface area contributed by atoms with Crippen LogP contribution in [0.15, 0.2) is 12.3 Å². The van der Waals surface area contributed by atoms with Gasteiger partial charge in [-0.1, -0.05) is 0 Å². The van der Waals surface area contributed by atoms with E-state index < -0.39 is 0 Å². The first-order valence-electron chi connectivity index (χ1n) is 4.48. The molecule has 13 heavy (non-hydrogen) atoms. The smallest absolute Gasteiger partial charge is 0.151 e. The van der Waals surface area contributed by atoms with Crippen LogP contribution < -0.4 is 4.90 Å². The summed E-state index contributed by atoms with van der Waals surface area (Å²) < 4.78 is 0. The van der Waals surface area contributed by atoms with E-state index in [9.17, 15) is 5.11 Å². The normalized spacial score (nSPS) is 22.3. The van der Waals surface area contributed by atoms with Crippen LogP contribution in [-0.4, -0.2) is 34.5 Å². The number of aromatic nitrogens is 2. The number of β-amino-alcohol motifs (C(OH)–C–C–N with tert-alkyl or cyclic N) is 1. The van der Waals surface area contributed by atoms with Crippen molar-refractivity contribution >= 4 is 5.82 Å². The Hall–Kier alpha value is -1.16. The van der Waals surface area contributed by atoms with E-state index in [0.29, 0.717) is 6.54 Å². The molecular formula is C9H13N3O. The summed E-state index contributed by atoms with van der Waals surface area (Å²) in [5.74, 6) is 0.872. The van der Waals surface area contributed by atoms with Crippen LogP contribution >= 0.6 is 0 Å². The van der Waals surface area contributed by atoms with Crippen molar-refractivity contribution in [3.63, 3.8) is 0 Å². The predicted octanol–water partition coefficient (Wildman–Crippen LogP) is 0.356. The van der Waals surface area contributed by atoms with Gasteiger partial charge in [-0.15, -0.1) is 5.10 Å². The van der Waals surface area contributed by atoms with Crippen molar-refractivity contribution < 1.29 is 5.11 Å². The SMILES string of the molecule is Cc1cnnc(N2CC[C@H](O)C2)c1. The molecule has 1 atom stereocenters. The molecule has 4 heteroatoms. The molecule has 1 aromatic heterocycles. The Bertz CT molecular complexity index is 303. The fourth-order valence-electron chi connectivity index (χ4n) is 1.55. The van der Waals surface area contributed by atoms with Crippen molar-refractivity contribution in [1.29, 1.82) is 0 Å². The molecule has 0 radical (unpaired) electrons. The average Bonchev–Trinajstić information content (AvgIpc) is 2.52. The van der Waals surface area contributed by atoms with Crippen LogP contribution in [0.25, 0.3) is 0 Å². The van der Waals surface area contributed by atoms with Gasteiger partial charge >= 0.3 is 0 Å². The van der Waals surface area contributed by atoms with Gasteiger partial charge in [0.05, 0.1) is 12.3 Å². The van der Waals surface area contributed by atoms with Gasteiger partial charge in [-0.2, -0.15) is 5.10 Å². The highest BCUT2D eigenvalue weighted by atomic mass is 16.3. The maximum absolute atomic E-state index is 9.34. The molecule has 1 saturated heterocycles. The third-order valence-electron chi connectivity index (χ3n) is 2.27. The first-order chi connectivity index (χ1) is 6.25. The fourth-order valence-corrected chi connectivity index (χ4v) is 1.55. The molecule has 0 amide bonds. The van der Waals surface area contributed by atoms with Crippen molar-refractivity contribution in [3.8, 4) is 0 Å². The van der Waals surface area contributed by atoms with Crippen LogP contribution in [0.5, 0.6) is 0 Å². The number of aliphatic hydroxyl groups is 1. The van der Waals surface area contributed by atoms with Crippen LogP contribution in [0.4, 0.5) is 5.82 Å². The van der Waals surface area contributed by atoms with Crippen molar-refractivity contribution in [2.75, 3.05) is 18.0 Å². The van der Waals surface area contributed by atoms with Gasteiger partial charge in [0.2, 0.25) is 0 Å². The average molecular weight is 179 g/mol. The number of rotatable bonds is 1. The van der Waals surface area contributed by atoms with E-state index in [2.05, 4.69) is 15.1 Å². The quantitative estimate of drug-likeness (QED) is 0.676. The molecule has 1 fully saturated rings. The van der Waals surface area contributed by atoms with Crippen molar-refractivity contribution in [2.24, 2.45) is 0 Å². The lowest BCUT2D eigenvalue weighted by atomic mass is 10.3. The lowest BCUT2D eigenvalue weighted by Crippen LogP contribution is -2.22. The zero-order valence-corrected chi connectivity index (χ0v) is 7.64. The molecule has 1 N–H and O–H groups in total. The van der Waals surface area contributed by atoms with E-state index in [1.54, 1.807) is 6.20 Å². The summed E-state index contributed by atoms with van der Waals surface area (Å²) in [5.41, 5.74) is 1.10. The summed E-state index contributed by atoms with van der Waals surface area (Å²) in [6.07, 6.45) is 2.35. The molecule has 1 aliphatic rings. The molecule has 70 valence electrons. The number of aliphatic hydroxyl groups excluding tert-OH is 1. The maximum atomic E-state index is 9.34. The largest absolute Gasteiger partial charge is 0.391 e. The summed E-state index contributed by atoms with van der Waals surface area (Å²) >= 11 is 0. The predicted molar refractivity (Wildman–Crippen MR) is 49.6 cm³/mol. The summed E-state index contributed by atoms with van der Waals surface area (Å²) in [6, 6.07) is 1.99. The van der Waals surface area contributed by atoms with Gasteiger partial charge in [-0.05, 0) is 25.0 Å². The summed E-state index contributed by atoms with van der Waals surface area (Å²) in [5, 5.41) is 17.2. The number of hydrogen-bond donors (Lipinski definition) is 1. The molecule has 2 heterocycles. The summed E-state index contributed by atoms with van der Waals surface area (Å²) in [4.78, 5) is 2.06. The Balaban J connectivity index is 2.16. The number of hydrogen-bond acceptors (Lipinski definition) is 4. The third kappa shape index (κ3) is 1.78. The highest BCUT2D eigenvalue weighted by Gasteiger charge is 2.21. The van der Waals surface area contributed by atoms with Gasteiger partial charge < -0.3 is 10.0 Å². The van der Waals surface area contributed by atoms with E-state index in [-0.39, 0.29) is 6.10 Å². The highest BCUT2D eigenvalue weighted by Crippen LogP contribution is 2.17. The monoisotopic (exact) mass is 179 g/mol. The number of nitrogens with zero attached hydrogens (tertiary/aromatic N) is 3. The first-order valence-corrected chi connectivity index (χ1v) is 4.48. The van der Waals surface area contributed by atoms with Crippen LogP contribution in [0.2, 0.25) is 0 Å². The van der Waals surface area contributed by atoms with Crippen LogP contribution in [0.3, 0.4) is 0 Å². The Morgan fingerprint density at radius 3 is 3.08 bits per heavy atom. The second-order valence-electron chi connectivity index (χ2n) is 3.48. The Labute approximate surface area is 77.2 Å². The first kappa shape index (κ1) is 8.44. The molecule has 0 saturated carbocycles. The van der Waals surface area contributed by atoms with Crippen molar-refractivity contribution in [3.05, 3.63) is 17.8 Å². The highest BCUT2D eigenvalue weighted by molar-refractivity contribution is 5.40. The van der Waals surface area contributed by atoms with E-state index >= 15 is 0 Å². The molecule has 0 aromatic carbocycles. The zero-order chi connectivity index (χ0) is 9.26. The van der Waals surface area contributed by atoms with Crippen molar-refractivity contribution in [2.45, 2.75) is 19.4 Å². The minimum atomic E-state index is -0.206. The number of anilines is 1. The minimum absolute atomic E-state index is 0.206. The van der Waals surface area contributed by atoms with E-state index in [4.69, 9.17) is 0 Å². The van der Waals surface area contributed by atoms with Crippen LogP contribution in [0, 0.1) is 6.92 Å². The Kier molecular flexibility index (Phi) is 2.14. The second kappa shape index (κ2) is 3.30. The molecule has 4 nitrogen and oxygen atoms in total. The van der Waals surface area contributed by atoms with Gasteiger partial charge in [-0.25, -0.2) is 0 Å². The molecule has 2 rings (SSSR count). The lowest BCUT2D eigenvalue weighted by molar-refractivity contribution is 0.198. The molecular weight excluding hydrogens is 166 g/mol. The zero-order valence-electron chi connectivity index (χ0n) is 7.64. The van der Waals surface area contributed by atoms with Crippen LogP contribution in [0.1, 0.15) is 12.0 Å². The van der Waals surface area contributed by atoms with Gasteiger partial charge in [0, 0.05) is 13.1 Å². The molecule has 1 aromatic rings. The third-order valence-corrected chi connectivity index (χ3v) is 2.27. The Morgan fingerprint density at radius 2 is 2.46 bits per heavy atom. The molecule has 0 unspecified atom stereocenters. The number of aryl methyl sites for hydroxylation is 1. The minimum Gasteiger partial charge on any atom is -0.391 e. The van der Waals surface area contributed by atoms with Gasteiger partial charge in [0.1, 0.15) is 0 Å². The van der Waals surface area contributed by atoms with Crippen LogP contribution in [-0.2, 0) is 0 Å². The molecule has 0 spiro atoms. The standard InChI is InChI=1S/C9H13N3O/c1-7-4-9(11-10-5-7)12-3-2-8(13)6-12/h4-5,8,13H,2-3,6H2,1H3/t8-/m0/s1. The van der Waals surface area contributed by atoms with E-state index in [0.717, 1.165) is 24.3 Å². The molecule has 0 bridgehead atoms. The second-order valence-corrected chi connectivity index (χ2v) is 3.48. The lowest BCUT2D eigenvalue weighted by Gasteiger charge is -2.15. The summed E-state index contributed by atoms with van der Waals surface area (Å²) in [7, 11) is 0. The van der Waals surface area contributed by atoms with Crippen molar-refractivity contribution in [1.82, 2.24) is 10.2 Å². The van der Waals surface area contributed by atoms with E-state index in [1.165, 1.54) is 0 Å². The topological polar surface area (TPSA) is 49.2 Å². The fraction of sp³-hybridized carbons (Fsp3) is 0.556. The summed E-state index contributed by atoms with van der Waals surface area (Å²) in [6.45, 7) is 3.54. The molecule has 0 aliphatic carbocycles.